The average Bonchev–Trinajstić information content (AvgIpc) is 2.78. The van der Waals surface area contributed by atoms with Gasteiger partial charge in [0.1, 0.15) is 17.5 Å². The number of nitriles is 1. The zero-order valence-electron chi connectivity index (χ0n) is 19.6. The van der Waals surface area contributed by atoms with Crippen molar-refractivity contribution < 1.29 is 8.95 Å². The van der Waals surface area contributed by atoms with E-state index in [4.69, 9.17) is 4.74 Å². The molecule has 1 aromatic carbocycles. The summed E-state index contributed by atoms with van der Waals surface area (Å²) in [5.41, 5.74) is 3.77. The maximum Gasteiger partial charge on any atom is 0.229 e. The number of rotatable bonds is 7. The smallest absolute Gasteiger partial charge is 0.229 e. The molecule has 0 fully saturated rings. The SMILES string of the molecule is COc1ccc(Nc2nc(Nc3ccc4c(c3)CN(C)CC4)ncc2C#N)nc1N[SH](C)(C)=O. The van der Waals surface area contributed by atoms with Gasteiger partial charge in [-0.25, -0.2) is 9.97 Å². The first-order chi connectivity index (χ1) is 16.2. The lowest BCUT2D eigenvalue weighted by Gasteiger charge is -2.25. The van der Waals surface area contributed by atoms with Crippen LogP contribution in [0.4, 0.5) is 29.1 Å². The highest BCUT2D eigenvalue weighted by molar-refractivity contribution is 8.02. The van der Waals surface area contributed by atoms with E-state index in [1.54, 1.807) is 24.6 Å². The summed E-state index contributed by atoms with van der Waals surface area (Å²) in [6.07, 6.45) is 5.69. The van der Waals surface area contributed by atoms with Gasteiger partial charge in [-0.2, -0.15) is 10.2 Å². The Morgan fingerprint density at radius 2 is 1.94 bits per heavy atom. The molecule has 178 valence electrons. The molecule has 1 aliphatic rings. The minimum Gasteiger partial charge on any atom is -0.493 e. The van der Waals surface area contributed by atoms with E-state index in [0.717, 1.165) is 25.2 Å². The minimum atomic E-state index is -2.62. The second-order valence-electron chi connectivity index (χ2n) is 8.50. The van der Waals surface area contributed by atoms with Crippen molar-refractivity contribution in [1.82, 2.24) is 19.9 Å². The van der Waals surface area contributed by atoms with E-state index in [0.29, 0.717) is 29.2 Å². The van der Waals surface area contributed by atoms with E-state index >= 15 is 0 Å². The van der Waals surface area contributed by atoms with Crippen LogP contribution in [0.1, 0.15) is 16.7 Å². The van der Waals surface area contributed by atoms with E-state index in [-0.39, 0.29) is 5.56 Å². The highest BCUT2D eigenvalue weighted by atomic mass is 32.3. The molecular formula is C23H28N8O2S. The molecule has 2 aromatic heterocycles. The number of methoxy groups -OCH3 is 1. The molecule has 0 saturated heterocycles. The fraction of sp³-hybridized carbons (Fsp3) is 0.304. The molecule has 0 spiro atoms. The predicted molar refractivity (Wildman–Crippen MR) is 136 cm³/mol. The Balaban J connectivity index is 1.59. The molecule has 3 N–H and O–H groups in total. The van der Waals surface area contributed by atoms with Crippen molar-refractivity contribution in [2.45, 2.75) is 13.0 Å². The number of anilines is 5. The van der Waals surface area contributed by atoms with Crippen molar-refractivity contribution in [3.05, 3.63) is 53.2 Å². The summed E-state index contributed by atoms with van der Waals surface area (Å²) in [4.78, 5) is 15.5. The number of benzene rings is 1. The van der Waals surface area contributed by atoms with E-state index in [1.165, 1.54) is 24.4 Å². The zero-order valence-corrected chi connectivity index (χ0v) is 20.5. The number of aromatic nitrogens is 3. The molecule has 0 radical (unpaired) electrons. The van der Waals surface area contributed by atoms with E-state index in [9.17, 15) is 9.47 Å². The molecule has 0 atom stereocenters. The van der Waals surface area contributed by atoms with Gasteiger partial charge in [-0.05, 0) is 59.0 Å². The van der Waals surface area contributed by atoms with Gasteiger partial charge in [0.05, 0.1) is 13.3 Å². The molecule has 0 aliphatic carbocycles. The molecule has 0 saturated carbocycles. The largest absolute Gasteiger partial charge is 0.493 e. The Bertz CT molecular complexity index is 1300. The summed E-state index contributed by atoms with van der Waals surface area (Å²) in [6, 6.07) is 11.7. The van der Waals surface area contributed by atoms with Gasteiger partial charge in [0.2, 0.25) is 5.95 Å². The molecule has 0 unspecified atom stereocenters. The summed E-state index contributed by atoms with van der Waals surface area (Å²) >= 11 is 0. The van der Waals surface area contributed by atoms with E-state index in [2.05, 4.69) is 60.5 Å². The molecule has 1 aliphatic heterocycles. The molecule has 11 heteroatoms. The lowest BCUT2D eigenvalue weighted by molar-refractivity contribution is 0.313. The van der Waals surface area contributed by atoms with Gasteiger partial charge in [0, 0.05) is 31.3 Å². The Morgan fingerprint density at radius 3 is 2.68 bits per heavy atom. The van der Waals surface area contributed by atoms with Gasteiger partial charge in [-0.1, -0.05) is 6.07 Å². The van der Waals surface area contributed by atoms with Crippen LogP contribution in [0.25, 0.3) is 0 Å². The fourth-order valence-corrected chi connectivity index (χ4v) is 4.33. The van der Waals surface area contributed by atoms with Crippen LogP contribution in [0.15, 0.2) is 36.5 Å². The highest BCUT2D eigenvalue weighted by Crippen LogP contribution is 2.28. The monoisotopic (exact) mass is 480 g/mol. The van der Waals surface area contributed by atoms with Crippen LogP contribution in [0.3, 0.4) is 0 Å². The van der Waals surface area contributed by atoms with Crippen molar-refractivity contribution in [2.75, 3.05) is 48.6 Å². The Kier molecular flexibility index (Phi) is 6.63. The number of fused-ring (bicyclic) bond motifs is 1. The maximum atomic E-state index is 12.2. The van der Waals surface area contributed by atoms with Crippen molar-refractivity contribution in [3.63, 3.8) is 0 Å². The third-order valence-electron chi connectivity index (χ3n) is 5.27. The number of nitrogens with one attached hydrogen (secondary N) is 3. The van der Waals surface area contributed by atoms with Crippen molar-refractivity contribution in [3.8, 4) is 11.8 Å². The van der Waals surface area contributed by atoms with E-state index in [1.807, 2.05) is 6.07 Å². The molecule has 0 amide bonds. The third kappa shape index (κ3) is 5.59. The van der Waals surface area contributed by atoms with Crippen molar-refractivity contribution >= 4 is 39.2 Å². The Labute approximate surface area is 200 Å². The van der Waals surface area contributed by atoms with Crippen LogP contribution < -0.4 is 20.1 Å². The van der Waals surface area contributed by atoms with Crippen molar-refractivity contribution in [2.24, 2.45) is 0 Å². The third-order valence-corrected chi connectivity index (χ3v) is 6.02. The van der Waals surface area contributed by atoms with Gasteiger partial charge >= 0.3 is 0 Å². The molecule has 4 rings (SSSR count). The van der Waals surface area contributed by atoms with Crippen molar-refractivity contribution in [1.29, 1.82) is 5.26 Å². The average molecular weight is 481 g/mol. The standard InChI is InChI=1S/C23H28N8O2S/c1-31-10-9-15-5-6-18(11-16(15)14-31)26-23-25-13-17(12-24)21(29-23)27-20-8-7-19(33-2)22(28-20)30-34(3,4)32/h5-8,11,13,34H,9-10,14H2,1-4H3,(H3,25,26,27,28,29,30,32). The van der Waals surface area contributed by atoms with Crippen LogP contribution in [0, 0.1) is 11.3 Å². The number of thiol groups is 1. The minimum absolute atomic E-state index is 0.265. The van der Waals surface area contributed by atoms with Gasteiger partial charge in [0.25, 0.3) is 0 Å². The fourth-order valence-electron chi connectivity index (χ4n) is 3.66. The van der Waals surface area contributed by atoms with Gasteiger partial charge < -0.3 is 25.0 Å². The van der Waals surface area contributed by atoms with Gasteiger partial charge in [0.15, 0.2) is 17.4 Å². The first kappa shape index (κ1) is 23.4. The molecule has 3 heterocycles. The molecule has 3 aromatic rings. The van der Waals surface area contributed by atoms with Crippen LogP contribution in [-0.2, 0) is 23.1 Å². The maximum absolute atomic E-state index is 12.2. The van der Waals surface area contributed by atoms with Crippen LogP contribution >= 0.6 is 0 Å². The summed E-state index contributed by atoms with van der Waals surface area (Å²) in [5.74, 6) is 1.86. The summed E-state index contributed by atoms with van der Waals surface area (Å²) in [6.45, 7) is 1.95. The zero-order chi connectivity index (χ0) is 24.3. The number of hydrogen-bond donors (Lipinski definition) is 4. The highest BCUT2D eigenvalue weighted by Gasteiger charge is 2.15. The Hall–Kier alpha value is -3.75. The quantitative estimate of drug-likeness (QED) is 0.377. The molecule has 0 bridgehead atoms. The normalized spacial score (nSPS) is 14.0. The van der Waals surface area contributed by atoms with E-state index < -0.39 is 10.1 Å². The molecule has 10 nitrogen and oxygen atoms in total. The van der Waals surface area contributed by atoms with Crippen LogP contribution in [0.2, 0.25) is 0 Å². The Morgan fingerprint density at radius 1 is 1.12 bits per heavy atom. The van der Waals surface area contributed by atoms with Gasteiger partial charge in [-0.3, -0.25) is 4.21 Å². The number of hydrogen-bond acceptors (Lipinski definition) is 9. The summed E-state index contributed by atoms with van der Waals surface area (Å²) in [5, 5.41) is 15.8. The lowest BCUT2D eigenvalue weighted by Crippen LogP contribution is -2.26. The topological polar surface area (TPSA) is 128 Å². The van der Waals surface area contributed by atoms with Crippen LogP contribution in [0.5, 0.6) is 5.75 Å². The number of likely N-dealkylation sites (N-methyl/N-ethyl adjacent to an activating group) is 1. The predicted octanol–water partition coefficient (Wildman–Crippen LogP) is 2.83. The summed E-state index contributed by atoms with van der Waals surface area (Å²) < 4.78 is 20.4. The number of ether oxygens (including phenoxy) is 1. The second kappa shape index (κ2) is 9.62. The first-order valence-corrected chi connectivity index (χ1v) is 13.3. The number of pyridine rings is 1. The summed E-state index contributed by atoms with van der Waals surface area (Å²) in [7, 11) is 1.01. The lowest BCUT2D eigenvalue weighted by atomic mass is 9.99. The van der Waals surface area contributed by atoms with Gasteiger partial charge in [-0.15, -0.1) is 0 Å². The molecular weight excluding hydrogens is 452 g/mol. The van der Waals surface area contributed by atoms with Crippen LogP contribution in [-0.4, -0.2) is 57.3 Å². The first-order valence-electron chi connectivity index (χ1n) is 10.7. The number of nitrogens with zero attached hydrogens (tertiary/aromatic N) is 5. The molecule has 34 heavy (non-hydrogen) atoms. The second-order valence-corrected chi connectivity index (χ2v) is 11.4.